The highest BCUT2D eigenvalue weighted by molar-refractivity contribution is 5.28. The molecule has 0 nitrogen and oxygen atoms in total. The Kier molecular flexibility index (Phi) is 2.91. The highest BCUT2D eigenvalue weighted by Crippen LogP contribution is 1.93. The van der Waals surface area contributed by atoms with E-state index in [1.54, 1.807) is 0 Å². The molecule has 0 unspecified atom stereocenters. The van der Waals surface area contributed by atoms with Crippen molar-refractivity contribution in [2.45, 2.75) is 13.8 Å². The van der Waals surface area contributed by atoms with E-state index in [0.717, 1.165) is 5.22 Å². The monoisotopic (exact) mass is 208 g/mol. The summed E-state index contributed by atoms with van der Waals surface area (Å²) >= 11 is 0. The van der Waals surface area contributed by atoms with Crippen molar-refractivity contribution < 1.29 is 0 Å². The zero-order chi connectivity index (χ0) is 11.5. The van der Waals surface area contributed by atoms with Crippen LogP contribution in [-0.2, 0) is 0 Å². The third-order valence-corrected chi connectivity index (χ3v) is 2.82. The predicted octanol–water partition coefficient (Wildman–Crippen LogP) is 2.49. The number of hydrogen-bond donors (Lipinski definition) is 0. The Labute approximate surface area is 95.9 Å². The van der Waals surface area contributed by atoms with Crippen molar-refractivity contribution in [3.8, 4) is 0 Å². The molecule has 0 saturated heterocycles. The number of rotatable bonds is 0. The molecule has 80 valence electrons. The summed E-state index contributed by atoms with van der Waals surface area (Å²) < 4.78 is 0. The minimum Gasteiger partial charge on any atom is -0.0911 e. The van der Waals surface area contributed by atoms with Crippen LogP contribution in [0.4, 0.5) is 0 Å². The SMILES string of the molecule is C=c1cc(C)cc/c1=c1\ccccc1=CC. The van der Waals surface area contributed by atoms with Crippen molar-refractivity contribution in [3.63, 3.8) is 0 Å². The van der Waals surface area contributed by atoms with Gasteiger partial charge in [-0.15, -0.1) is 0 Å². The Hall–Kier alpha value is -1.82. The lowest BCUT2D eigenvalue weighted by molar-refractivity contribution is 1.36. The average molecular weight is 208 g/mol. The molecule has 0 saturated carbocycles. The summed E-state index contributed by atoms with van der Waals surface area (Å²) in [5.74, 6) is 0. The molecule has 0 N–H and O–H groups in total. The van der Waals surface area contributed by atoms with Gasteiger partial charge in [-0.1, -0.05) is 60.7 Å². The van der Waals surface area contributed by atoms with Gasteiger partial charge in [0.15, 0.2) is 0 Å². The van der Waals surface area contributed by atoms with Gasteiger partial charge in [-0.2, -0.15) is 0 Å². The van der Waals surface area contributed by atoms with Crippen LogP contribution in [0.2, 0.25) is 0 Å². The third-order valence-electron chi connectivity index (χ3n) is 2.82. The van der Waals surface area contributed by atoms with Crippen LogP contribution in [0.15, 0.2) is 42.5 Å². The summed E-state index contributed by atoms with van der Waals surface area (Å²) in [5.41, 5.74) is 1.26. The molecular weight excluding hydrogens is 192 g/mol. The lowest BCUT2D eigenvalue weighted by Gasteiger charge is -1.95. The Balaban J connectivity index is 3.10. The minimum absolute atomic E-state index is 1.09. The number of hydrogen-bond acceptors (Lipinski definition) is 0. The van der Waals surface area contributed by atoms with Gasteiger partial charge < -0.3 is 0 Å². The van der Waals surface area contributed by atoms with Crippen LogP contribution in [-0.4, -0.2) is 0 Å². The standard InChI is InChI=1S/C16H16/c1-4-14-7-5-6-8-16(14)15-10-9-12(2)11-13(15)3/h4-11H,3H2,1-2H3/b14-4?,16-15-. The molecule has 0 atom stereocenters. The Morgan fingerprint density at radius 2 is 1.75 bits per heavy atom. The normalized spacial score (nSPS) is 14.0. The molecule has 0 aliphatic carbocycles. The van der Waals surface area contributed by atoms with Gasteiger partial charge in [0, 0.05) is 0 Å². The lowest BCUT2D eigenvalue weighted by atomic mass is 10.1. The van der Waals surface area contributed by atoms with Crippen LogP contribution in [0.25, 0.3) is 12.7 Å². The fourth-order valence-electron chi connectivity index (χ4n) is 1.98. The highest BCUT2D eigenvalue weighted by Gasteiger charge is 1.89. The highest BCUT2D eigenvalue weighted by atomic mass is 13.9. The van der Waals surface area contributed by atoms with Crippen LogP contribution >= 0.6 is 0 Å². The molecule has 0 fully saturated rings. The Morgan fingerprint density at radius 3 is 2.44 bits per heavy atom. The Bertz CT molecular complexity index is 694. The molecule has 0 radical (unpaired) electrons. The summed E-state index contributed by atoms with van der Waals surface area (Å²) in [4.78, 5) is 0. The summed E-state index contributed by atoms with van der Waals surface area (Å²) in [6, 6.07) is 14.8. The van der Waals surface area contributed by atoms with E-state index < -0.39 is 0 Å². The van der Waals surface area contributed by atoms with E-state index >= 15 is 0 Å². The molecule has 0 aliphatic heterocycles. The molecule has 2 aromatic carbocycles. The van der Waals surface area contributed by atoms with Crippen molar-refractivity contribution in [2.24, 2.45) is 0 Å². The van der Waals surface area contributed by atoms with Gasteiger partial charge in [0.05, 0.1) is 0 Å². The summed E-state index contributed by atoms with van der Waals surface area (Å²) in [6.07, 6.45) is 2.13. The maximum absolute atomic E-state index is 4.12. The molecule has 0 spiro atoms. The van der Waals surface area contributed by atoms with Crippen molar-refractivity contribution in [3.05, 3.63) is 68.9 Å². The average Bonchev–Trinajstić information content (AvgIpc) is 2.29. The molecule has 0 bridgehead atoms. The quantitative estimate of drug-likeness (QED) is 0.624. The molecule has 0 aliphatic rings. The van der Waals surface area contributed by atoms with E-state index in [1.165, 1.54) is 21.2 Å². The maximum atomic E-state index is 4.12. The molecule has 16 heavy (non-hydrogen) atoms. The molecule has 0 aromatic heterocycles. The van der Waals surface area contributed by atoms with E-state index in [4.69, 9.17) is 0 Å². The van der Waals surface area contributed by atoms with Crippen molar-refractivity contribution >= 4 is 12.7 Å². The van der Waals surface area contributed by atoms with Gasteiger partial charge in [-0.05, 0) is 34.7 Å². The van der Waals surface area contributed by atoms with Crippen LogP contribution < -0.4 is 10.4 Å². The minimum atomic E-state index is 1.09. The van der Waals surface area contributed by atoms with Crippen LogP contribution in [0.1, 0.15) is 12.5 Å². The summed E-state index contributed by atoms with van der Waals surface area (Å²) in [7, 11) is 0. The van der Waals surface area contributed by atoms with Crippen molar-refractivity contribution in [1.82, 2.24) is 0 Å². The second kappa shape index (κ2) is 4.36. The van der Waals surface area contributed by atoms with Crippen molar-refractivity contribution in [2.75, 3.05) is 0 Å². The van der Waals surface area contributed by atoms with Gasteiger partial charge >= 0.3 is 0 Å². The fraction of sp³-hybridized carbons (Fsp3) is 0.125. The first-order valence-electron chi connectivity index (χ1n) is 5.53. The fourth-order valence-corrected chi connectivity index (χ4v) is 1.98. The number of aryl methyl sites for hydroxylation is 1. The van der Waals surface area contributed by atoms with Crippen LogP contribution in [0.5, 0.6) is 0 Å². The first-order chi connectivity index (χ1) is 7.72. The van der Waals surface area contributed by atoms with Gasteiger partial charge in [-0.3, -0.25) is 0 Å². The van der Waals surface area contributed by atoms with Gasteiger partial charge in [0.1, 0.15) is 0 Å². The summed E-state index contributed by atoms with van der Waals surface area (Å²) in [6.45, 7) is 8.28. The first-order valence-corrected chi connectivity index (χ1v) is 5.53. The molecule has 2 aromatic rings. The number of benzene rings is 2. The van der Waals surface area contributed by atoms with Crippen molar-refractivity contribution in [1.29, 1.82) is 0 Å². The van der Waals surface area contributed by atoms with Gasteiger partial charge in [0.25, 0.3) is 0 Å². The second-order valence-corrected chi connectivity index (χ2v) is 4.04. The molecule has 2 rings (SSSR count). The third kappa shape index (κ3) is 1.92. The lowest BCUT2D eigenvalue weighted by Crippen LogP contribution is -2.08. The molecule has 0 heterocycles. The second-order valence-electron chi connectivity index (χ2n) is 4.04. The molecular formula is C16H16. The smallest absolute Gasteiger partial charge is 0.0109 e. The first kappa shape index (κ1) is 10.7. The van der Waals surface area contributed by atoms with E-state index in [2.05, 4.69) is 69.0 Å². The zero-order valence-corrected chi connectivity index (χ0v) is 9.83. The topological polar surface area (TPSA) is 0 Å². The van der Waals surface area contributed by atoms with E-state index in [-0.39, 0.29) is 0 Å². The van der Waals surface area contributed by atoms with E-state index in [0.29, 0.717) is 0 Å². The van der Waals surface area contributed by atoms with Crippen LogP contribution in [0.3, 0.4) is 0 Å². The van der Waals surface area contributed by atoms with Gasteiger partial charge in [0.2, 0.25) is 0 Å². The Morgan fingerprint density at radius 1 is 1.00 bits per heavy atom. The van der Waals surface area contributed by atoms with E-state index in [1.807, 2.05) is 0 Å². The molecule has 0 heteroatoms. The maximum Gasteiger partial charge on any atom is -0.0109 e. The van der Waals surface area contributed by atoms with E-state index in [9.17, 15) is 0 Å². The zero-order valence-electron chi connectivity index (χ0n) is 9.83. The largest absolute Gasteiger partial charge is 0.0911 e. The predicted molar refractivity (Wildman–Crippen MR) is 70.2 cm³/mol. The summed E-state index contributed by atoms with van der Waals surface area (Å²) in [5, 5.41) is 4.83. The molecule has 0 amide bonds. The van der Waals surface area contributed by atoms with Gasteiger partial charge in [-0.25, -0.2) is 0 Å². The van der Waals surface area contributed by atoms with Crippen LogP contribution in [0, 0.1) is 17.4 Å².